The first kappa shape index (κ1) is 15.9. The van der Waals surface area contributed by atoms with Gasteiger partial charge in [0.1, 0.15) is 5.60 Å². The predicted octanol–water partition coefficient (Wildman–Crippen LogP) is 2.89. The molecule has 2 heterocycles. The summed E-state index contributed by atoms with van der Waals surface area (Å²) in [4.78, 5) is 17.3. The van der Waals surface area contributed by atoms with E-state index in [0.717, 1.165) is 38.2 Å². The number of hydrogen-bond acceptors (Lipinski definition) is 3. The Balaban J connectivity index is 1.84. The Morgan fingerprint density at radius 1 is 1.48 bits per heavy atom. The topological polar surface area (TPSA) is 57.4 Å². The maximum absolute atomic E-state index is 12.3. The van der Waals surface area contributed by atoms with Crippen LogP contribution in [-0.4, -0.2) is 40.7 Å². The van der Waals surface area contributed by atoms with Gasteiger partial charge in [-0.1, -0.05) is 0 Å². The van der Waals surface area contributed by atoms with E-state index in [9.17, 15) is 4.79 Å². The molecule has 0 aliphatic carbocycles. The Morgan fingerprint density at radius 2 is 2.29 bits per heavy atom. The standard InChI is InChI=1S/C16H27N3O2/c1-16(2,3)21-15(20)19-10-5-4-8-14(19)12-17-11-13-7-6-9-18-13/h6-7,9,14,17-18H,4-5,8,10-12H2,1-3H3. The summed E-state index contributed by atoms with van der Waals surface area (Å²) in [6, 6.07) is 4.27. The summed E-state index contributed by atoms with van der Waals surface area (Å²) in [5.74, 6) is 0. The molecule has 1 atom stereocenters. The van der Waals surface area contributed by atoms with Gasteiger partial charge >= 0.3 is 6.09 Å². The smallest absolute Gasteiger partial charge is 0.410 e. The van der Waals surface area contributed by atoms with Crippen LogP contribution in [0.2, 0.25) is 0 Å². The van der Waals surface area contributed by atoms with E-state index in [-0.39, 0.29) is 12.1 Å². The number of carbonyl (C=O) groups is 1. The van der Waals surface area contributed by atoms with Gasteiger partial charge in [-0.3, -0.25) is 0 Å². The number of nitrogens with zero attached hydrogens (tertiary/aromatic N) is 1. The molecule has 1 aromatic heterocycles. The van der Waals surface area contributed by atoms with E-state index < -0.39 is 5.60 Å². The number of nitrogens with one attached hydrogen (secondary N) is 2. The summed E-state index contributed by atoms with van der Waals surface area (Å²) in [5.41, 5.74) is 0.728. The zero-order valence-electron chi connectivity index (χ0n) is 13.3. The molecule has 1 amide bonds. The van der Waals surface area contributed by atoms with Gasteiger partial charge in [-0.25, -0.2) is 4.79 Å². The molecule has 118 valence electrons. The molecule has 2 rings (SSSR count). The molecule has 1 saturated heterocycles. The molecule has 1 aliphatic rings. The second-order valence-electron chi connectivity index (χ2n) is 6.65. The van der Waals surface area contributed by atoms with Crippen LogP contribution in [0, 0.1) is 0 Å². The van der Waals surface area contributed by atoms with E-state index in [1.54, 1.807) is 0 Å². The molecule has 21 heavy (non-hydrogen) atoms. The number of aromatic nitrogens is 1. The van der Waals surface area contributed by atoms with Gasteiger partial charge in [0.2, 0.25) is 0 Å². The molecule has 0 saturated carbocycles. The molecule has 2 N–H and O–H groups in total. The van der Waals surface area contributed by atoms with Gasteiger partial charge in [0.25, 0.3) is 0 Å². The zero-order chi connectivity index (χ0) is 15.3. The number of piperidine rings is 1. The average Bonchev–Trinajstić information content (AvgIpc) is 2.90. The molecule has 5 heteroatoms. The van der Waals surface area contributed by atoms with Crippen molar-refractivity contribution in [3.63, 3.8) is 0 Å². The zero-order valence-corrected chi connectivity index (χ0v) is 13.3. The van der Waals surface area contributed by atoms with Crippen molar-refractivity contribution in [2.45, 2.75) is 58.2 Å². The third-order valence-corrected chi connectivity index (χ3v) is 3.61. The highest BCUT2D eigenvalue weighted by Gasteiger charge is 2.30. The van der Waals surface area contributed by atoms with E-state index >= 15 is 0 Å². The van der Waals surface area contributed by atoms with E-state index in [1.807, 2.05) is 37.9 Å². The molecule has 1 aliphatic heterocycles. The monoisotopic (exact) mass is 293 g/mol. The molecule has 1 aromatic rings. The Labute approximate surface area is 127 Å². The van der Waals surface area contributed by atoms with E-state index in [0.29, 0.717) is 0 Å². The van der Waals surface area contributed by atoms with Crippen LogP contribution < -0.4 is 5.32 Å². The summed E-state index contributed by atoms with van der Waals surface area (Å²) >= 11 is 0. The lowest BCUT2D eigenvalue weighted by Gasteiger charge is -2.36. The van der Waals surface area contributed by atoms with Crippen LogP contribution in [0.25, 0.3) is 0 Å². The summed E-state index contributed by atoms with van der Waals surface area (Å²) in [6.45, 7) is 8.13. The quantitative estimate of drug-likeness (QED) is 0.897. The first-order chi connectivity index (χ1) is 9.96. The number of amides is 1. The molecule has 0 bridgehead atoms. The van der Waals surface area contributed by atoms with Crippen LogP contribution >= 0.6 is 0 Å². The van der Waals surface area contributed by atoms with Crippen LogP contribution in [0.15, 0.2) is 18.3 Å². The van der Waals surface area contributed by atoms with Crippen molar-refractivity contribution in [3.05, 3.63) is 24.0 Å². The molecular formula is C16H27N3O2. The first-order valence-corrected chi connectivity index (χ1v) is 7.78. The Kier molecular flexibility index (Phi) is 5.28. The van der Waals surface area contributed by atoms with Gasteiger partial charge < -0.3 is 19.9 Å². The normalized spacial score (nSPS) is 19.6. The van der Waals surface area contributed by atoms with Crippen LogP contribution in [0.4, 0.5) is 4.79 Å². The SMILES string of the molecule is CC(C)(C)OC(=O)N1CCCCC1CNCc1ccc[nH]1. The molecule has 1 unspecified atom stereocenters. The van der Waals surface area contributed by atoms with E-state index in [1.165, 1.54) is 6.42 Å². The van der Waals surface area contributed by atoms with Crippen LogP contribution in [0.3, 0.4) is 0 Å². The van der Waals surface area contributed by atoms with Crippen molar-refractivity contribution < 1.29 is 9.53 Å². The number of ether oxygens (including phenoxy) is 1. The van der Waals surface area contributed by atoms with Gasteiger partial charge in [-0.15, -0.1) is 0 Å². The maximum Gasteiger partial charge on any atom is 0.410 e. The third-order valence-electron chi connectivity index (χ3n) is 3.61. The fourth-order valence-corrected chi connectivity index (χ4v) is 2.62. The molecule has 0 spiro atoms. The fraction of sp³-hybridized carbons (Fsp3) is 0.688. The minimum absolute atomic E-state index is 0.186. The number of rotatable bonds is 4. The van der Waals surface area contributed by atoms with Crippen LogP contribution in [0.5, 0.6) is 0 Å². The molecule has 0 radical (unpaired) electrons. The minimum atomic E-state index is -0.434. The van der Waals surface area contributed by atoms with Gasteiger partial charge in [0.15, 0.2) is 0 Å². The van der Waals surface area contributed by atoms with Gasteiger partial charge in [-0.05, 0) is 52.2 Å². The highest BCUT2D eigenvalue weighted by Crippen LogP contribution is 2.20. The largest absolute Gasteiger partial charge is 0.444 e. The fourth-order valence-electron chi connectivity index (χ4n) is 2.62. The lowest BCUT2D eigenvalue weighted by Crippen LogP contribution is -2.50. The van der Waals surface area contributed by atoms with Crippen molar-refractivity contribution in [2.24, 2.45) is 0 Å². The van der Waals surface area contributed by atoms with E-state index in [2.05, 4.69) is 16.4 Å². The lowest BCUT2D eigenvalue weighted by molar-refractivity contribution is 0.00993. The summed E-state index contributed by atoms with van der Waals surface area (Å²) in [5, 5.41) is 3.42. The number of aromatic amines is 1. The van der Waals surface area contributed by atoms with E-state index in [4.69, 9.17) is 4.74 Å². The Hall–Kier alpha value is -1.49. The van der Waals surface area contributed by atoms with Gasteiger partial charge in [0.05, 0.1) is 0 Å². The van der Waals surface area contributed by atoms with Gasteiger partial charge in [-0.2, -0.15) is 0 Å². The van der Waals surface area contributed by atoms with Crippen LogP contribution in [0.1, 0.15) is 45.7 Å². The molecule has 0 aromatic carbocycles. The summed E-state index contributed by atoms with van der Waals surface area (Å²) < 4.78 is 5.51. The number of carbonyl (C=O) groups excluding carboxylic acids is 1. The number of hydrogen-bond donors (Lipinski definition) is 2. The lowest BCUT2D eigenvalue weighted by atomic mass is 10.0. The number of H-pyrrole nitrogens is 1. The first-order valence-electron chi connectivity index (χ1n) is 7.78. The molecule has 5 nitrogen and oxygen atoms in total. The second kappa shape index (κ2) is 6.98. The maximum atomic E-state index is 12.3. The third kappa shape index (κ3) is 5.08. The Morgan fingerprint density at radius 3 is 2.95 bits per heavy atom. The molecular weight excluding hydrogens is 266 g/mol. The highest BCUT2D eigenvalue weighted by atomic mass is 16.6. The minimum Gasteiger partial charge on any atom is -0.444 e. The molecule has 1 fully saturated rings. The van der Waals surface area contributed by atoms with Gasteiger partial charge in [0, 0.05) is 37.6 Å². The Bertz CT molecular complexity index is 437. The highest BCUT2D eigenvalue weighted by molar-refractivity contribution is 5.68. The van der Waals surface area contributed by atoms with Crippen molar-refractivity contribution in [3.8, 4) is 0 Å². The average molecular weight is 293 g/mol. The van der Waals surface area contributed by atoms with Crippen molar-refractivity contribution in [2.75, 3.05) is 13.1 Å². The number of likely N-dealkylation sites (tertiary alicyclic amines) is 1. The summed E-state index contributed by atoms with van der Waals surface area (Å²) in [6.07, 6.45) is 5.01. The van der Waals surface area contributed by atoms with Crippen LogP contribution in [-0.2, 0) is 11.3 Å². The summed E-state index contributed by atoms with van der Waals surface area (Å²) in [7, 11) is 0. The van der Waals surface area contributed by atoms with Crippen molar-refractivity contribution >= 4 is 6.09 Å². The van der Waals surface area contributed by atoms with Crippen molar-refractivity contribution in [1.82, 2.24) is 15.2 Å². The van der Waals surface area contributed by atoms with Crippen molar-refractivity contribution in [1.29, 1.82) is 0 Å². The second-order valence-corrected chi connectivity index (χ2v) is 6.65. The predicted molar refractivity (Wildman–Crippen MR) is 83.1 cm³/mol.